The van der Waals surface area contributed by atoms with Crippen LogP contribution in [0.4, 0.5) is 0 Å². The van der Waals surface area contributed by atoms with Crippen LogP contribution < -0.4 is 11.3 Å². The number of aryl methyl sites for hydroxylation is 1. The number of benzene rings is 1. The Hall–Kier alpha value is -0.880. The number of hydrogen-bond donors (Lipinski definition) is 2. The predicted octanol–water partition coefficient (Wildman–Crippen LogP) is 2.39. The lowest BCUT2D eigenvalue weighted by molar-refractivity contribution is 0.603. The van der Waals surface area contributed by atoms with Crippen LogP contribution in [0.3, 0.4) is 0 Å². The Morgan fingerprint density at radius 2 is 2.24 bits per heavy atom. The fraction of sp³-hybridized carbons (Fsp3) is 0.182. The van der Waals surface area contributed by atoms with Crippen molar-refractivity contribution in [3.8, 4) is 0 Å². The number of rotatable bonds is 3. The first-order valence-corrected chi connectivity index (χ1v) is 6.19. The van der Waals surface area contributed by atoms with Crippen molar-refractivity contribution in [3.63, 3.8) is 0 Å². The fourth-order valence-electron chi connectivity index (χ4n) is 1.66. The van der Waals surface area contributed by atoms with Gasteiger partial charge < -0.3 is 0 Å². The molecular weight excluding hydrogens is 304 g/mol. The van der Waals surface area contributed by atoms with E-state index < -0.39 is 0 Å². The summed E-state index contributed by atoms with van der Waals surface area (Å²) in [4.78, 5) is 0. The van der Waals surface area contributed by atoms with Crippen LogP contribution in [-0.4, -0.2) is 9.78 Å². The van der Waals surface area contributed by atoms with Gasteiger partial charge in [-0.3, -0.25) is 10.5 Å². The third kappa shape index (κ3) is 2.69. The minimum Gasteiger partial charge on any atom is -0.275 e. The Balaban J connectivity index is 2.42. The van der Waals surface area contributed by atoms with Crippen molar-refractivity contribution >= 4 is 27.5 Å². The van der Waals surface area contributed by atoms with E-state index in [1.54, 1.807) is 4.68 Å². The zero-order chi connectivity index (χ0) is 12.4. The van der Waals surface area contributed by atoms with Crippen LogP contribution in [0.15, 0.2) is 34.9 Å². The van der Waals surface area contributed by atoms with Gasteiger partial charge in [-0.25, -0.2) is 5.43 Å². The summed E-state index contributed by atoms with van der Waals surface area (Å²) < 4.78 is 2.66. The summed E-state index contributed by atoms with van der Waals surface area (Å²) in [5, 5.41) is 4.97. The highest BCUT2D eigenvalue weighted by Gasteiger charge is 2.17. The molecule has 2 aromatic rings. The van der Waals surface area contributed by atoms with Crippen LogP contribution in [-0.2, 0) is 7.05 Å². The highest BCUT2D eigenvalue weighted by molar-refractivity contribution is 9.10. The molecule has 0 fully saturated rings. The van der Waals surface area contributed by atoms with Gasteiger partial charge in [0.1, 0.15) is 0 Å². The number of nitrogens with two attached hydrogens (primary N) is 1. The predicted molar refractivity (Wildman–Crippen MR) is 71.5 cm³/mol. The molecule has 0 aliphatic carbocycles. The summed E-state index contributed by atoms with van der Waals surface area (Å²) >= 11 is 9.57. The van der Waals surface area contributed by atoms with Crippen molar-refractivity contribution in [2.24, 2.45) is 12.9 Å². The molecule has 0 amide bonds. The topological polar surface area (TPSA) is 55.9 Å². The van der Waals surface area contributed by atoms with Crippen molar-refractivity contribution in [2.45, 2.75) is 6.04 Å². The molecule has 1 unspecified atom stereocenters. The second kappa shape index (κ2) is 5.18. The molecule has 1 aromatic heterocycles. The van der Waals surface area contributed by atoms with Crippen LogP contribution in [0.5, 0.6) is 0 Å². The summed E-state index contributed by atoms with van der Waals surface area (Å²) in [7, 11) is 1.86. The first-order chi connectivity index (χ1) is 8.11. The van der Waals surface area contributed by atoms with E-state index >= 15 is 0 Å². The standard InChI is InChI=1S/C11H12BrClN4/c1-17-5-4-10(16-17)11(15-14)8-3-2-7(12)6-9(8)13/h2-6,11,15H,14H2,1H3. The summed E-state index contributed by atoms with van der Waals surface area (Å²) in [5.74, 6) is 5.58. The normalized spacial score (nSPS) is 12.7. The molecule has 0 radical (unpaired) electrons. The molecule has 3 N–H and O–H groups in total. The molecule has 1 aromatic carbocycles. The largest absolute Gasteiger partial charge is 0.275 e. The Labute approximate surface area is 113 Å². The Kier molecular flexibility index (Phi) is 3.83. The number of hydrazine groups is 1. The highest BCUT2D eigenvalue weighted by Crippen LogP contribution is 2.29. The molecule has 0 aliphatic rings. The molecular formula is C11H12BrClN4. The van der Waals surface area contributed by atoms with E-state index in [4.69, 9.17) is 17.4 Å². The number of nitrogens with one attached hydrogen (secondary N) is 1. The molecule has 90 valence electrons. The van der Waals surface area contributed by atoms with Gasteiger partial charge in [0.25, 0.3) is 0 Å². The smallest absolute Gasteiger partial charge is 0.0914 e. The quantitative estimate of drug-likeness (QED) is 0.675. The lowest BCUT2D eigenvalue weighted by atomic mass is 10.0. The number of halogens is 2. The lowest BCUT2D eigenvalue weighted by Gasteiger charge is -2.15. The van der Waals surface area contributed by atoms with E-state index in [-0.39, 0.29) is 6.04 Å². The zero-order valence-corrected chi connectivity index (χ0v) is 11.5. The van der Waals surface area contributed by atoms with Crippen LogP contribution in [0.1, 0.15) is 17.3 Å². The van der Waals surface area contributed by atoms with Gasteiger partial charge in [-0.15, -0.1) is 0 Å². The second-order valence-electron chi connectivity index (χ2n) is 3.68. The third-order valence-electron chi connectivity index (χ3n) is 2.47. The molecule has 0 bridgehead atoms. The molecule has 0 saturated heterocycles. The molecule has 0 aliphatic heterocycles. The van der Waals surface area contributed by atoms with Crippen LogP contribution >= 0.6 is 27.5 Å². The summed E-state index contributed by atoms with van der Waals surface area (Å²) in [6.45, 7) is 0. The maximum Gasteiger partial charge on any atom is 0.0914 e. The van der Waals surface area contributed by atoms with Gasteiger partial charge in [-0.1, -0.05) is 33.6 Å². The van der Waals surface area contributed by atoms with Crippen molar-refractivity contribution in [1.82, 2.24) is 15.2 Å². The Morgan fingerprint density at radius 1 is 1.47 bits per heavy atom. The molecule has 17 heavy (non-hydrogen) atoms. The van der Waals surface area contributed by atoms with Crippen molar-refractivity contribution in [2.75, 3.05) is 0 Å². The van der Waals surface area contributed by atoms with Crippen LogP contribution in [0.25, 0.3) is 0 Å². The van der Waals surface area contributed by atoms with Crippen molar-refractivity contribution < 1.29 is 0 Å². The average Bonchev–Trinajstić information content (AvgIpc) is 2.69. The van der Waals surface area contributed by atoms with Gasteiger partial charge in [-0.05, 0) is 23.8 Å². The molecule has 0 spiro atoms. The number of aromatic nitrogens is 2. The lowest BCUT2D eigenvalue weighted by Crippen LogP contribution is -2.29. The van der Waals surface area contributed by atoms with Gasteiger partial charge in [0.2, 0.25) is 0 Å². The average molecular weight is 316 g/mol. The van der Waals surface area contributed by atoms with E-state index in [2.05, 4.69) is 26.5 Å². The fourth-order valence-corrected chi connectivity index (χ4v) is 2.44. The highest BCUT2D eigenvalue weighted by atomic mass is 79.9. The van der Waals surface area contributed by atoms with Crippen LogP contribution in [0, 0.1) is 0 Å². The monoisotopic (exact) mass is 314 g/mol. The summed E-state index contributed by atoms with van der Waals surface area (Å²) in [5.41, 5.74) is 4.46. The van der Waals surface area contributed by atoms with E-state index in [1.165, 1.54) is 0 Å². The Morgan fingerprint density at radius 3 is 2.76 bits per heavy atom. The minimum absolute atomic E-state index is 0.211. The van der Waals surface area contributed by atoms with Gasteiger partial charge >= 0.3 is 0 Å². The molecule has 0 saturated carbocycles. The van der Waals surface area contributed by atoms with E-state index in [1.807, 2.05) is 37.5 Å². The molecule has 4 nitrogen and oxygen atoms in total. The summed E-state index contributed by atoms with van der Waals surface area (Å²) in [6, 6.07) is 7.38. The van der Waals surface area contributed by atoms with Crippen molar-refractivity contribution in [3.05, 3.63) is 51.2 Å². The van der Waals surface area contributed by atoms with Gasteiger partial charge in [-0.2, -0.15) is 5.10 Å². The maximum atomic E-state index is 6.20. The van der Waals surface area contributed by atoms with E-state index in [0.29, 0.717) is 5.02 Å². The second-order valence-corrected chi connectivity index (χ2v) is 5.00. The molecule has 6 heteroatoms. The SMILES string of the molecule is Cn1ccc(C(NN)c2ccc(Br)cc2Cl)n1. The van der Waals surface area contributed by atoms with E-state index in [9.17, 15) is 0 Å². The first-order valence-electron chi connectivity index (χ1n) is 5.02. The molecule has 1 heterocycles. The maximum absolute atomic E-state index is 6.20. The van der Waals surface area contributed by atoms with E-state index in [0.717, 1.165) is 15.7 Å². The van der Waals surface area contributed by atoms with Gasteiger partial charge in [0.15, 0.2) is 0 Å². The van der Waals surface area contributed by atoms with Gasteiger partial charge in [0.05, 0.1) is 11.7 Å². The van der Waals surface area contributed by atoms with Crippen LogP contribution in [0.2, 0.25) is 5.02 Å². The zero-order valence-electron chi connectivity index (χ0n) is 9.19. The summed E-state index contributed by atoms with van der Waals surface area (Å²) in [6.07, 6.45) is 1.87. The molecule has 2 rings (SSSR count). The minimum atomic E-state index is -0.211. The number of nitrogens with zero attached hydrogens (tertiary/aromatic N) is 2. The van der Waals surface area contributed by atoms with Crippen molar-refractivity contribution in [1.29, 1.82) is 0 Å². The molecule has 1 atom stereocenters. The third-order valence-corrected chi connectivity index (χ3v) is 3.29. The Bertz CT molecular complexity index is 526. The van der Waals surface area contributed by atoms with Gasteiger partial charge in [0, 0.05) is 22.7 Å². The number of hydrogen-bond acceptors (Lipinski definition) is 3. The first kappa shape index (κ1) is 12.6.